The molecule has 110 valence electrons. The van der Waals surface area contributed by atoms with Crippen LogP contribution in [0.15, 0.2) is 54.6 Å². The highest BCUT2D eigenvalue weighted by atomic mass is 16.1. The second kappa shape index (κ2) is 5.85. The third-order valence-corrected chi connectivity index (χ3v) is 3.56. The number of hydrogen-bond acceptors (Lipinski definition) is 2. The molecule has 22 heavy (non-hydrogen) atoms. The van der Waals surface area contributed by atoms with Gasteiger partial charge < -0.3 is 10.3 Å². The number of benzene rings is 2. The minimum absolute atomic E-state index is 0.131. The average Bonchev–Trinajstić information content (AvgIpc) is 2.88. The summed E-state index contributed by atoms with van der Waals surface area (Å²) in [5.41, 5.74) is 4.29. The van der Waals surface area contributed by atoms with Crippen LogP contribution >= 0.6 is 0 Å². The van der Waals surface area contributed by atoms with E-state index in [0.717, 1.165) is 28.5 Å². The normalized spacial score (nSPS) is 10.5. The van der Waals surface area contributed by atoms with Crippen LogP contribution < -0.4 is 5.32 Å². The Morgan fingerprint density at radius 3 is 2.50 bits per heavy atom. The van der Waals surface area contributed by atoms with Crippen molar-refractivity contribution in [3.8, 4) is 11.4 Å². The number of aromatic nitrogens is 2. The summed E-state index contributed by atoms with van der Waals surface area (Å²) < 4.78 is 0. The van der Waals surface area contributed by atoms with Crippen molar-refractivity contribution < 1.29 is 4.79 Å². The zero-order valence-electron chi connectivity index (χ0n) is 12.6. The fraction of sp³-hybridized carbons (Fsp3) is 0.111. The Bertz CT molecular complexity index is 787. The van der Waals surface area contributed by atoms with Crippen molar-refractivity contribution >= 4 is 11.6 Å². The standard InChI is InChI=1S/C18H17N3O/c1-12-13(2)20-17(19-12)14-7-6-8-15(11-14)18(22)21-16-9-4-3-5-10-16/h3-11H,1-2H3,(H,19,20)(H,21,22). The molecule has 0 spiro atoms. The first-order chi connectivity index (χ1) is 10.6. The van der Waals surface area contributed by atoms with E-state index in [1.54, 1.807) is 6.07 Å². The molecule has 1 amide bonds. The van der Waals surface area contributed by atoms with E-state index in [2.05, 4.69) is 15.3 Å². The Balaban J connectivity index is 1.86. The fourth-order valence-corrected chi connectivity index (χ4v) is 2.22. The Hall–Kier alpha value is -2.88. The van der Waals surface area contributed by atoms with E-state index in [1.165, 1.54) is 0 Å². The number of amides is 1. The Kier molecular flexibility index (Phi) is 3.74. The molecule has 1 heterocycles. The number of aromatic amines is 1. The Labute approximate surface area is 129 Å². The Morgan fingerprint density at radius 2 is 1.82 bits per heavy atom. The van der Waals surface area contributed by atoms with Gasteiger partial charge >= 0.3 is 0 Å². The predicted octanol–water partition coefficient (Wildman–Crippen LogP) is 3.95. The van der Waals surface area contributed by atoms with Crippen molar-refractivity contribution in [2.75, 3.05) is 5.32 Å². The molecule has 3 rings (SSSR count). The van der Waals surface area contributed by atoms with Crippen LogP contribution in [0.4, 0.5) is 5.69 Å². The summed E-state index contributed by atoms with van der Waals surface area (Å²) >= 11 is 0. The van der Waals surface area contributed by atoms with Crippen molar-refractivity contribution in [1.82, 2.24) is 9.97 Å². The van der Waals surface area contributed by atoms with Crippen molar-refractivity contribution in [3.63, 3.8) is 0 Å². The zero-order valence-corrected chi connectivity index (χ0v) is 12.6. The van der Waals surface area contributed by atoms with Gasteiger partial charge in [0.2, 0.25) is 0 Å². The minimum atomic E-state index is -0.131. The molecule has 3 aromatic rings. The van der Waals surface area contributed by atoms with Gasteiger partial charge in [-0.25, -0.2) is 4.98 Å². The molecule has 4 heteroatoms. The van der Waals surface area contributed by atoms with Crippen molar-refractivity contribution in [3.05, 3.63) is 71.5 Å². The molecule has 0 aliphatic rings. The van der Waals surface area contributed by atoms with Crippen LogP contribution in [-0.2, 0) is 0 Å². The molecular weight excluding hydrogens is 274 g/mol. The molecule has 0 fully saturated rings. The summed E-state index contributed by atoms with van der Waals surface area (Å²) in [6.45, 7) is 3.94. The fourth-order valence-electron chi connectivity index (χ4n) is 2.22. The van der Waals surface area contributed by atoms with Crippen LogP contribution in [-0.4, -0.2) is 15.9 Å². The number of nitrogens with one attached hydrogen (secondary N) is 2. The lowest BCUT2D eigenvalue weighted by Gasteiger charge is -2.06. The highest BCUT2D eigenvalue weighted by Gasteiger charge is 2.10. The number of rotatable bonds is 3. The van der Waals surface area contributed by atoms with Crippen LogP contribution in [0.1, 0.15) is 21.7 Å². The predicted molar refractivity (Wildman–Crippen MR) is 87.9 cm³/mol. The molecule has 0 saturated carbocycles. The van der Waals surface area contributed by atoms with Gasteiger partial charge in [-0.1, -0.05) is 30.3 Å². The van der Waals surface area contributed by atoms with E-state index >= 15 is 0 Å². The topological polar surface area (TPSA) is 57.8 Å². The summed E-state index contributed by atoms with van der Waals surface area (Å²) in [4.78, 5) is 20.0. The Morgan fingerprint density at radius 1 is 1.05 bits per heavy atom. The summed E-state index contributed by atoms with van der Waals surface area (Å²) in [5, 5.41) is 2.88. The second-order valence-corrected chi connectivity index (χ2v) is 5.20. The smallest absolute Gasteiger partial charge is 0.255 e. The number of carbonyl (C=O) groups is 1. The van der Waals surface area contributed by atoms with Crippen LogP contribution in [0.2, 0.25) is 0 Å². The lowest BCUT2D eigenvalue weighted by atomic mass is 10.1. The number of H-pyrrole nitrogens is 1. The van der Waals surface area contributed by atoms with Gasteiger partial charge in [0.1, 0.15) is 5.82 Å². The molecular formula is C18H17N3O. The third-order valence-electron chi connectivity index (χ3n) is 3.56. The van der Waals surface area contributed by atoms with Crippen molar-refractivity contribution in [2.24, 2.45) is 0 Å². The largest absolute Gasteiger partial charge is 0.342 e. The van der Waals surface area contributed by atoms with Crippen LogP contribution in [0.5, 0.6) is 0 Å². The molecule has 0 aliphatic carbocycles. The van der Waals surface area contributed by atoms with E-state index in [0.29, 0.717) is 5.56 Å². The molecule has 0 unspecified atom stereocenters. The molecule has 0 saturated heterocycles. The number of aryl methyl sites for hydroxylation is 2. The quantitative estimate of drug-likeness (QED) is 0.767. The monoisotopic (exact) mass is 291 g/mol. The number of hydrogen-bond donors (Lipinski definition) is 2. The van der Waals surface area contributed by atoms with Crippen LogP contribution in [0.3, 0.4) is 0 Å². The van der Waals surface area contributed by atoms with Crippen LogP contribution in [0.25, 0.3) is 11.4 Å². The van der Waals surface area contributed by atoms with Gasteiger partial charge in [0.25, 0.3) is 5.91 Å². The summed E-state index contributed by atoms with van der Waals surface area (Å²) in [6.07, 6.45) is 0. The van der Waals surface area contributed by atoms with Gasteiger partial charge in [-0.2, -0.15) is 0 Å². The zero-order chi connectivity index (χ0) is 15.5. The van der Waals surface area contributed by atoms with E-state index in [9.17, 15) is 4.79 Å². The molecule has 1 aromatic heterocycles. The van der Waals surface area contributed by atoms with Gasteiger partial charge in [-0.15, -0.1) is 0 Å². The molecule has 0 radical (unpaired) electrons. The number of nitrogens with zero attached hydrogens (tertiary/aromatic N) is 1. The number of para-hydroxylation sites is 1. The van der Waals surface area contributed by atoms with E-state index in [1.807, 2.05) is 62.4 Å². The van der Waals surface area contributed by atoms with E-state index in [-0.39, 0.29) is 5.91 Å². The lowest BCUT2D eigenvalue weighted by Crippen LogP contribution is -2.11. The maximum atomic E-state index is 12.3. The molecule has 4 nitrogen and oxygen atoms in total. The lowest BCUT2D eigenvalue weighted by molar-refractivity contribution is 0.102. The first-order valence-electron chi connectivity index (χ1n) is 7.13. The van der Waals surface area contributed by atoms with Gasteiger partial charge in [-0.3, -0.25) is 4.79 Å². The summed E-state index contributed by atoms with van der Waals surface area (Å²) in [7, 11) is 0. The van der Waals surface area contributed by atoms with E-state index in [4.69, 9.17) is 0 Å². The number of carbonyl (C=O) groups excluding carboxylic acids is 1. The number of anilines is 1. The molecule has 0 aliphatic heterocycles. The maximum Gasteiger partial charge on any atom is 0.255 e. The average molecular weight is 291 g/mol. The minimum Gasteiger partial charge on any atom is -0.342 e. The summed E-state index contributed by atoms with van der Waals surface area (Å²) in [6, 6.07) is 16.9. The molecule has 0 atom stereocenters. The third kappa shape index (κ3) is 2.91. The van der Waals surface area contributed by atoms with Crippen molar-refractivity contribution in [2.45, 2.75) is 13.8 Å². The van der Waals surface area contributed by atoms with Gasteiger partial charge in [-0.05, 0) is 38.1 Å². The first kappa shape index (κ1) is 14.1. The molecule has 2 aromatic carbocycles. The van der Waals surface area contributed by atoms with E-state index < -0.39 is 0 Å². The molecule has 2 N–H and O–H groups in total. The van der Waals surface area contributed by atoms with Gasteiger partial charge in [0.15, 0.2) is 0 Å². The van der Waals surface area contributed by atoms with Crippen LogP contribution in [0, 0.1) is 13.8 Å². The van der Waals surface area contributed by atoms with Gasteiger partial charge in [0, 0.05) is 22.5 Å². The SMILES string of the molecule is Cc1nc(-c2cccc(C(=O)Nc3ccccc3)c2)[nH]c1C. The highest BCUT2D eigenvalue weighted by molar-refractivity contribution is 6.04. The second-order valence-electron chi connectivity index (χ2n) is 5.20. The van der Waals surface area contributed by atoms with Gasteiger partial charge in [0.05, 0.1) is 5.69 Å². The highest BCUT2D eigenvalue weighted by Crippen LogP contribution is 2.19. The molecule has 0 bridgehead atoms. The maximum absolute atomic E-state index is 12.3. The van der Waals surface area contributed by atoms with Crippen molar-refractivity contribution in [1.29, 1.82) is 0 Å². The first-order valence-corrected chi connectivity index (χ1v) is 7.13. The summed E-state index contributed by atoms with van der Waals surface area (Å²) in [5.74, 6) is 0.650. The number of imidazole rings is 1.